The van der Waals surface area contributed by atoms with Crippen molar-refractivity contribution in [2.45, 2.75) is 123 Å². The van der Waals surface area contributed by atoms with Crippen LogP contribution >= 0.6 is 0 Å². The van der Waals surface area contributed by atoms with Gasteiger partial charge in [-0.15, -0.1) is 6.58 Å². The van der Waals surface area contributed by atoms with Crippen molar-refractivity contribution < 1.29 is 28.2 Å². The summed E-state index contributed by atoms with van der Waals surface area (Å²) in [6, 6.07) is -3.62. The SMILES string of the molecule is C=CCNC(=O)C(=O)C(CCCC)NC(=O)[C@@H]1[C@@H](C(C)C)CCN1C(=O)[C@@H](NC(=O)N[C@H](CN(C)S(=O)N(C)C)C(C)(C)C)C1CCCCC1. The molecule has 286 valence electrons. The lowest BCUT2D eigenvalue weighted by Gasteiger charge is -2.38. The Labute approximate surface area is 303 Å². The Hall–Kier alpha value is -2.84. The molecule has 50 heavy (non-hydrogen) atoms. The van der Waals surface area contributed by atoms with Gasteiger partial charge in [0.2, 0.25) is 17.6 Å². The van der Waals surface area contributed by atoms with Gasteiger partial charge in [-0.05, 0) is 48.9 Å². The van der Waals surface area contributed by atoms with Crippen LogP contribution in [0.4, 0.5) is 4.79 Å². The number of amides is 5. The van der Waals surface area contributed by atoms with Crippen LogP contribution in [0, 0.1) is 23.2 Å². The second-order valence-corrected chi connectivity index (χ2v) is 17.3. The molecule has 1 aliphatic carbocycles. The number of hydrogen-bond donors (Lipinski definition) is 4. The monoisotopic (exact) mass is 723 g/mol. The summed E-state index contributed by atoms with van der Waals surface area (Å²) in [7, 11) is 5.18. The quantitative estimate of drug-likeness (QED) is 0.126. The third-order valence-electron chi connectivity index (χ3n) is 10.0. The summed E-state index contributed by atoms with van der Waals surface area (Å²) < 4.78 is 16.0. The minimum Gasteiger partial charge on any atom is -0.346 e. The normalized spacial score (nSPS) is 21.0. The first kappa shape index (κ1) is 43.3. The fourth-order valence-corrected chi connectivity index (χ4v) is 7.78. The number of likely N-dealkylation sites (tertiary alicyclic amines) is 1. The van der Waals surface area contributed by atoms with Crippen LogP contribution in [0.3, 0.4) is 0 Å². The molecule has 0 aromatic carbocycles. The molecule has 1 saturated heterocycles. The number of nitrogens with one attached hydrogen (secondary N) is 4. The number of nitrogens with zero attached hydrogens (tertiary/aromatic N) is 3. The first-order chi connectivity index (χ1) is 23.4. The van der Waals surface area contributed by atoms with Crippen molar-refractivity contribution in [3.8, 4) is 0 Å². The Balaban J connectivity index is 2.38. The molecule has 2 rings (SSSR count). The second kappa shape index (κ2) is 20.3. The standard InChI is InChI=1S/C36H65N7O6S/c1-11-13-19-27(31(44)33(46)37-21-12-2)38-32(45)30-26(24(3)4)20-22-43(30)34(47)29(25-17-15-14-16-18-25)40-35(48)39-28(36(5,6)7)23-42(10)50(49)41(8)9/h12,24-30H,2,11,13-23H2,1,3-10H3,(H,37,46)(H,38,45)(H2,39,40,48)/t26-,27?,28-,29+,30+,50?/m1/s1. The fraction of sp³-hybridized carbons (Fsp3) is 0.806. The number of hydrogen-bond acceptors (Lipinski definition) is 6. The maximum absolute atomic E-state index is 14.6. The summed E-state index contributed by atoms with van der Waals surface area (Å²) in [5.74, 6) is -2.50. The number of carbonyl (C=O) groups is 5. The molecule has 0 aromatic heterocycles. The highest BCUT2D eigenvalue weighted by Crippen LogP contribution is 2.34. The Morgan fingerprint density at radius 2 is 1.62 bits per heavy atom. The van der Waals surface area contributed by atoms with Crippen LogP contribution in [0.25, 0.3) is 0 Å². The summed E-state index contributed by atoms with van der Waals surface area (Å²) in [6.45, 7) is 16.3. The fourth-order valence-electron chi connectivity index (χ4n) is 6.95. The lowest BCUT2D eigenvalue weighted by molar-refractivity contribution is -0.144. The second-order valence-electron chi connectivity index (χ2n) is 15.5. The Morgan fingerprint density at radius 3 is 2.16 bits per heavy atom. The van der Waals surface area contributed by atoms with Gasteiger partial charge in [0, 0.05) is 46.8 Å². The molecule has 0 radical (unpaired) electrons. The molecule has 0 bridgehead atoms. The first-order valence-electron chi connectivity index (χ1n) is 18.4. The molecule has 1 aliphatic heterocycles. The molecule has 2 aliphatic rings. The van der Waals surface area contributed by atoms with E-state index in [2.05, 4.69) is 27.8 Å². The summed E-state index contributed by atoms with van der Waals surface area (Å²) in [4.78, 5) is 69.8. The minimum absolute atomic E-state index is 0.0610. The maximum Gasteiger partial charge on any atom is 0.315 e. The van der Waals surface area contributed by atoms with Crippen LogP contribution in [0.15, 0.2) is 12.7 Å². The molecular weight excluding hydrogens is 659 g/mol. The van der Waals surface area contributed by atoms with E-state index in [0.29, 0.717) is 32.4 Å². The van der Waals surface area contributed by atoms with Gasteiger partial charge < -0.3 is 26.2 Å². The van der Waals surface area contributed by atoms with Gasteiger partial charge >= 0.3 is 6.03 Å². The molecular formula is C36H65N7O6S. The topological polar surface area (TPSA) is 160 Å². The summed E-state index contributed by atoms with van der Waals surface area (Å²) in [6.07, 6.45) is 8.27. The van der Waals surface area contributed by atoms with Gasteiger partial charge in [0.25, 0.3) is 5.91 Å². The molecule has 0 spiro atoms. The van der Waals surface area contributed by atoms with Gasteiger partial charge in [-0.3, -0.25) is 19.2 Å². The third-order valence-corrected chi connectivity index (χ3v) is 11.3. The molecule has 5 amide bonds. The van der Waals surface area contributed by atoms with Crippen LogP contribution in [0.5, 0.6) is 0 Å². The predicted molar refractivity (Wildman–Crippen MR) is 198 cm³/mol. The zero-order chi connectivity index (χ0) is 37.8. The lowest BCUT2D eigenvalue weighted by atomic mass is 9.82. The van der Waals surface area contributed by atoms with Crippen molar-refractivity contribution in [2.24, 2.45) is 23.2 Å². The van der Waals surface area contributed by atoms with Gasteiger partial charge in [0.15, 0.2) is 11.2 Å². The number of ketones is 1. The van der Waals surface area contributed by atoms with Gasteiger partial charge in [0.1, 0.15) is 12.1 Å². The highest BCUT2D eigenvalue weighted by atomic mass is 32.2. The smallest absolute Gasteiger partial charge is 0.315 e. The van der Waals surface area contributed by atoms with Crippen LogP contribution in [-0.4, -0.2) is 112 Å². The van der Waals surface area contributed by atoms with Crippen LogP contribution in [-0.2, 0) is 30.3 Å². The highest BCUT2D eigenvalue weighted by molar-refractivity contribution is 7.80. The summed E-state index contributed by atoms with van der Waals surface area (Å²) in [5.41, 5.74) is -0.385. The number of rotatable bonds is 18. The Bertz CT molecular complexity index is 1200. The van der Waals surface area contributed by atoms with Crippen LogP contribution in [0.1, 0.15) is 99.3 Å². The predicted octanol–water partition coefficient (Wildman–Crippen LogP) is 3.14. The average Bonchev–Trinajstić information content (AvgIpc) is 3.52. The van der Waals surface area contributed by atoms with Crippen molar-refractivity contribution in [3.05, 3.63) is 12.7 Å². The first-order valence-corrected chi connectivity index (χ1v) is 19.4. The average molecular weight is 724 g/mol. The van der Waals surface area contributed by atoms with E-state index in [0.717, 1.165) is 38.5 Å². The molecule has 2 fully saturated rings. The molecule has 13 nitrogen and oxygen atoms in total. The van der Waals surface area contributed by atoms with E-state index >= 15 is 0 Å². The molecule has 2 unspecified atom stereocenters. The minimum atomic E-state index is -1.39. The lowest BCUT2D eigenvalue weighted by Crippen LogP contribution is -2.61. The number of unbranched alkanes of at least 4 members (excludes halogenated alkanes) is 1. The molecule has 14 heteroatoms. The van der Waals surface area contributed by atoms with E-state index < -0.39 is 59.0 Å². The molecule has 1 heterocycles. The third kappa shape index (κ3) is 12.4. The van der Waals surface area contributed by atoms with Crippen molar-refractivity contribution >= 4 is 40.7 Å². The van der Waals surface area contributed by atoms with Gasteiger partial charge in [-0.2, -0.15) is 0 Å². The Kier molecular flexibility index (Phi) is 17.6. The van der Waals surface area contributed by atoms with Crippen LogP contribution < -0.4 is 21.3 Å². The van der Waals surface area contributed by atoms with E-state index in [1.54, 1.807) is 34.7 Å². The van der Waals surface area contributed by atoms with Crippen LogP contribution in [0.2, 0.25) is 0 Å². The Morgan fingerprint density at radius 1 is 0.980 bits per heavy atom. The van der Waals surface area contributed by atoms with E-state index in [1.807, 2.05) is 41.5 Å². The zero-order valence-electron chi connectivity index (χ0n) is 32.0. The van der Waals surface area contributed by atoms with E-state index in [9.17, 15) is 28.2 Å². The molecule has 6 atom stereocenters. The zero-order valence-corrected chi connectivity index (χ0v) is 32.8. The molecule has 4 N–H and O–H groups in total. The van der Waals surface area contributed by atoms with Crippen molar-refractivity contribution in [1.29, 1.82) is 0 Å². The van der Waals surface area contributed by atoms with Gasteiger partial charge in [-0.1, -0.05) is 79.7 Å². The highest BCUT2D eigenvalue weighted by Gasteiger charge is 2.47. The largest absolute Gasteiger partial charge is 0.346 e. The summed E-state index contributed by atoms with van der Waals surface area (Å²) in [5, 5.41) is 11.5. The van der Waals surface area contributed by atoms with Gasteiger partial charge in [-0.25, -0.2) is 17.6 Å². The van der Waals surface area contributed by atoms with Crippen molar-refractivity contribution in [3.63, 3.8) is 0 Å². The number of Topliss-reactive ketones (excluding diaryl/α,β-unsaturated/α-hetero) is 1. The van der Waals surface area contributed by atoms with Gasteiger partial charge in [0.05, 0.1) is 6.04 Å². The number of likely N-dealkylation sites (N-methyl/N-ethyl adjacent to an activating group) is 1. The maximum atomic E-state index is 14.6. The van der Waals surface area contributed by atoms with E-state index in [4.69, 9.17) is 0 Å². The van der Waals surface area contributed by atoms with E-state index in [1.165, 1.54) is 6.08 Å². The van der Waals surface area contributed by atoms with Crippen molar-refractivity contribution in [2.75, 3.05) is 40.8 Å². The molecule has 1 saturated carbocycles. The number of carbonyl (C=O) groups excluding carboxylic acids is 5. The van der Waals surface area contributed by atoms with Crippen molar-refractivity contribution in [1.82, 2.24) is 34.8 Å². The van der Waals surface area contributed by atoms with E-state index in [-0.39, 0.29) is 35.6 Å². The molecule has 0 aromatic rings. The summed E-state index contributed by atoms with van der Waals surface area (Å²) >= 11 is -1.39. The number of urea groups is 1.